The topological polar surface area (TPSA) is 53.1 Å². The molecule has 19 heavy (non-hydrogen) atoms. The Hall–Kier alpha value is -1.81. The van der Waals surface area contributed by atoms with Crippen molar-refractivity contribution < 1.29 is 4.74 Å². The van der Waals surface area contributed by atoms with E-state index in [4.69, 9.17) is 10.5 Å². The predicted octanol–water partition coefficient (Wildman–Crippen LogP) is 2.10. The van der Waals surface area contributed by atoms with Crippen molar-refractivity contribution >= 4 is 0 Å². The van der Waals surface area contributed by atoms with E-state index in [0.29, 0.717) is 6.54 Å². The number of methoxy groups -OCH3 is 1. The number of nitrogens with zero attached hydrogens (tertiary/aromatic N) is 2. The predicted molar refractivity (Wildman–Crippen MR) is 76.3 cm³/mol. The number of hydrogen-bond donors (Lipinski definition) is 1. The van der Waals surface area contributed by atoms with Crippen LogP contribution in [0.25, 0.3) is 0 Å². The van der Waals surface area contributed by atoms with Gasteiger partial charge in [0.2, 0.25) is 0 Å². The molecular formula is C15H21N3O. The van der Waals surface area contributed by atoms with Crippen molar-refractivity contribution in [1.82, 2.24) is 9.55 Å². The van der Waals surface area contributed by atoms with Crippen molar-refractivity contribution in [2.75, 3.05) is 13.7 Å². The molecule has 4 nitrogen and oxygen atoms in total. The zero-order valence-electron chi connectivity index (χ0n) is 11.5. The zero-order valence-corrected chi connectivity index (χ0v) is 11.5. The fourth-order valence-corrected chi connectivity index (χ4v) is 2.36. The highest BCUT2D eigenvalue weighted by atomic mass is 16.5. The second-order valence-electron chi connectivity index (χ2n) is 4.68. The molecule has 0 saturated heterocycles. The lowest BCUT2D eigenvalue weighted by molar-refractivity contribution is 0.408. The van der Waals surface area contributed by atoms with E-state index in [1.165, 1.54) is 5.56 Å². The van der Waals surface area contributed by atoms with Gasteiger partial charge in [-0.1, -0.05) is 18.2 Å². The van der Waals surface area contributed by atoms with Crippen LogP contribution >= 0.6 is 0 Å². The van der Waals surface area contributed by atoms with Crippen LogP contribution in [0.5, 0.6) is 5.75 Å². The molecule has 102 valence electrons. The van der Waals surface area contributed by atoms with Gasteiger partial charge in [-0.25, -0.2) is 4.98 Å². The Labute approximate surface area is 114 Å². The molecule has 0 bridgehead atoms. The molecule has 1 atom stereocenters. The summed E-state index contributed by atoms with van der Waals surface area (Å²) in [4.78, 5) is 4.39. The summed E-state index contributed by atoms with van der Waals surface area (Å²) in [5, 5.41) is 0. The van der Waals surface area contributed by atoms with Gasteiger partial charge in [-0.2, -0.15) is 0 Å². The van der Waals surface area contributed by atoms with E-state index in [0.717, 1.165) is 24.4 Å². The Kier molecular flexibility index (Phi) is 4.58. The normalized spacial score (nSPS) is 12.4. The number of para-hydroxylation sites is 1. The molecule has 0 aliphatic heterocycles. The number of aromatic nitrogens is 2. The Morgan fingerprint density at radius 1 is 1.37 bits per heavy atom. The van der Waals surface area contributed by atoms with E-state index < -0.39 is 0 Å². The van der Waals surface area contributed by atoms with Gasteiger partial charge in [0, 0.05) is 31.9 Å². The summed E-state index contributed by atoms with van der Waals surface area (Å²) < 4.78 is 7.42. The largest absolute Gasteiger partial charge is 0.496 e. The van der Waals surface area contributed by atoms with Crippen LogP contribution < -0.4 is 10.5 Å². The molecule has 0 spiro atoms. The molecule has 0 fully saturated rings. The lowest BCUT2D eigenvalue weighted by Gasteiger charge is -2.15. The lowest BCUT2D eigenvalue weighted by Crippen LogP contribution is -2.17. The Morgan fingerprint density at radius 2 is 2.16 bits per heavy atom. The van der Waals surface area contributed by atoms with E-state index in [9.17, 15) is 0 Å². The third kappa shape index (κ3) is 3.15. The monoisotopic (exact) mass is 259 g/mol. The summed E-state index contributed by atoms with van der Waals surface area (Å²) in [5.41, 5.74) is 7.10. The quantitative estimate of drug-likeness (QED) is 0.864. The third-order valence-electron chi connectivity index (χ3n) is 3.46. The lowest BCUT2D eigenvalue weighted by atomic mass is 9.98. The van der Waals surface area contributed by atoms with E-state index in [2.05, 4.69) is 11.1 Å². The van der Waals surface area contributed by atoms with E-state index in [1.54, 1.807) is 7.11 Å². The molecule has 0 saturated carbocycles. The standard InChI is InChI=1S/C15H21N3O/c1-18-10-9-17-15(18)13(11-16)8-7-12-5-3-4-6-14(12)19-2/h3-6,9-10,13H,7-8,11,16H2,1-2H3. The number of ether oxygens (including phenoxy) is 1. The first-order valence-corrected chi connectivity index (χ1v) is 6.55. The van der Waals surface area contributed by atoms with Gasteiger partial charge in [0.05, 0.1) is 7.11 Å². The maximum absolute atomic E-state index is 5.88. The van der Waals surface area contributed by atoms with Crippen molar-refractivity contribution in [2.45, 2.75) is 18.8 Å². The molecule has 1 aromatic carbocycles. The second-order valence-corrected chi connectivity index (χ2v) is 4.68. The summed E-state index contributed by atoms with van der Waals surface area (Å²) in [6.45, 7) is 0.611. The Bertz CT molecular complexity index is 522. The molecule has 4 heteroatoms. The van der Waals surface area contributed by atoms with Crippen LogP contribution in [-0.2, 0) is 13.5 Å². The van der Waals surface area contributed by atoms with Crippen molar-refractivity contribution in [2.24, 2.45) is 12.8 Å². The summed E-state index contributed by atoms with van der Waals surface area (Å²) >= 11 is 0. The smallest absolute Gasteiger partial charge is 0.122 e. The third-order valence-corrected chi connectivity index (χ3v) is 3.46. The molecule has 0 aliphatic carbocycles. The van der Waals surface area contributed by atoms with E-state index >= 15 is 0 Å². The SMILES string of the molecule is COc1ccccc1CCC(CN)c1nccn1C. The Balaban J connectivity index is 2.06. The molecular weight excluding hydrogens is 238 g/mol. The minimum absolute atomic E-state index is 0.282. The summed E-state index contributed by atoms with van der Waals surface area (Å²) in [7, 11) is 3.71. The molecule has 2 rings (SSSR count). The number of nitrogens with two attached hydrogens (primary N) is 1. The average molecular weight is 259 g/mol. The molecule has 0 amide bonds. The molecule has 0 aliphatic rings. The number of benzene rings is 1. The van der Waals surface area contributed by atoms with Gasteiger partial charge in [-0.05, 0) is 24.5 Å². The van der Waals surface area contributed by atoms with Crippen molar-refractivity contribution in [3.05, 3.63) is 48.0 Å². The highest BCUT2D eigenvalue weighted by Crippen LogP contribution is 2.24. The Morgan fingerprint density at radius 3 is 2.79 bits per heavy atom. The van der Waals surface area contributed by atoms with Crippen LogP contribution in [0.15, 0.2) is 36.7 Å². The minimum atomic E-state index is 0.282. The fourth-order valence-electron chi connectivity index (χ4n) is 2.36. The molecule has 2 aromatic rings. The summed E-state index contributed by atoms with van der Waals surface area (Å²) in [5.74, 6) is 2.28. The van der Waals surface area contributed by atoms with Gasteiger partial charge in [-0.3, -0.25) is 0 Å². The summed E-state index contributed by atoms with van der Waals surface area (Å²) in [6, 6.07) is 8.12. The zero-order chi connectivity index (χ0) is 13.7. The number of imidazole rings is 1. The van der Waals surface area contributed by atoms with Gasteiger partial charge >= 0.3 is 0 Å². The molecule has 1 heterocycles. The first kappa shape index (κ1) is 13.6. The van der Waals surface area contributed by atoms with Gasteiger partial charge < -0.3 is 15.0 Å². The van der Waals surface area contributed by atoms with Crippen LogP contribution in [-0.4, -0.2) is 23.2 Å². The van der Waals surface area contributed by atoms with Crippen LogP contribution in [0.2, 0.25) is 0 Å². The highest BCUT2D eigenvalue weighted by Gasteiger charge is 2.15. The van der Waals surface area contributed by atoms with Crippen molar-refractivity contribution in [3.63, 3.8) is 0 Å². The minimum Gasteiger partial charge on any atom is -0.496 e. The van der Waals surface area contributed by atoms with Gasteiger partial charge in [-0.15, -0.1) is 0 Å². The highest BCUT2D eigenvalue weighted by molar-refractivity contribution is 5.33. The maximum atomic E-state index is 5.88. The number of aryl methyl sites for hydroxylation is 2. The van der Waals surface area contributed by atoms with Gasteiger partial charge in [0.1, 0.15) is 11.6 Å². The van der Waals surface area contributed by atoms with Crippen LogP contribution in [0.4, 0.5) is 0 Å². The van der Waals surface area contributed by atoms with E-state index in [1.807, 2.05) is 42.2 Å². The summed E-state index contributed by atoms with van der Waals surface area (Å²) in [6.07, 6.45) is 5.70. The van der Waals surface area contributed by atoms with Gasteiger partial charge in [0.15, 0.2) is 0 Å². The first-order valence-electron chi connectivity index (χ1n) is 6.55. The molecule has 1 aromatic heterocycles. The van der Waals surface area contributed by atoms with E-state index in [-0.39, 0.29) is 5.92 Å². The maximum Gasteiger partial charge on any atom is 0.122 e. The molecule has 2 N–H and O–H groups in total. The molecule has 0 radical (unpaired) electrons. The number of rotatable bonds is 6. The fraction of sp³-hybridized carbons (Fsp3) is 0.400. The van der Waals surface area contributed by atoms with Crippen molar-refractivity contribution in [3.8, 4) is 5.75 Å². The second kappa shape index (κ2) is 6.38. The number of hydrogen-bond acceptors (Lipinski definition) is 3. The molecule has 1 unspecified atom stereocenters. The first-order chi connectivity index (χ1) is 9.26. The van der Waals surface area contributed by atoms with Gasteiger partial charge in [0.25, 0.3) is 0 Å². The van der Waals surface area contributed by atoms with Crippen LogP contribution in [0.3, 0.4) is 0 Å². The average Bonchev–Trinajstić information content (AvgIpc) is 2.86. The van der Waals surface area contributed by atoms with Crippen LogP contribution in [0, 0.1) is 0 Å². The van der Waals surface area contributed by atoms with Crippen molar-refractivity contribution in [1.29, 1.82) is 0 Å². The van der Waals surface area contributed by atoms with Crippen LogP contribution in [0.1, 0.15) is 23.7 Å².